The van der Waals surface area contributed by atoms with Gasteiger partial charge < -0.3 is 14.6 Å². The van der Waals surface area contributed by atoms with E-state index >= 15 is 0 Å². The summed E-state index contributed by atoms with van der Waals surface area (Å²) < 4.78 is 12.1. The van der Waals surface area contributed by atoms with Gasteiger partial charge in [0.05, 0.1) is 13.7 Å². The molecule has 0 bridgehead atoms. The van der Waals surface area contributed by atoms with E-state index in [0.717, 1.165) is 32.6 Å². The molecule has 3 aromatic carbocycles. The lowest BCUT2D eigenvalue weighted by molar-refractivity contribution is 0.313. The number of hydrogen-bond acceptors (Lipinski definition) is 5. The number of rotatable bonds is 6. The van der Waals surface area contributed by atoms with Gasteiger partial charge in [0.1, 0.15) is 11.9 Å². The molecule has 7 heteroatoms. The number of methoxy groups -OCH3 is 1. The number of halogens is 2. The van der Waals surface area contributed by atoms with Gasteiger partial charge in [-0.25, -0.2) is 0 Å². The van der Waals surface area contributed by atoms with Crippen molar-refractivity contribution in [2.45, 2.75) is 25.6 Å². The van der Waals surface area contributed by atoms with Gasteiger partial charge in [-0.15, -0.1) is 0 Å². The van der Waals surface area contributed by atoms with E-state index in [9.17, 15) is 5.11 Å². The van der Waals surface area contributed by atoms with Gasteiger partial charge in [-0.2, -0.15) is 0 Å². The van der Waals surface area contributed by atoms with E-state index in [1.807, 2.05) is 61.5 Å². The number of aliphatic imine (C=N–C) groups is 1. The summed E-state index contributed by atoms with van der Waals surface area (Å²) in [6.07, 6.45) is 0.222. The van der Waals surface area contributed by atoms with Crippen molar-refractivity contribution >= 4 is 33.2 Å². The highest BCUT2D eigenvalue weighted by molar-refractivity contribution is 9.10. The molecule has 3 aromatic rings. The summed E-state index contributed by atoms with van der Waals surface area (Å²) in [4.78, 5) is 5.01. The van der Waals surface area contributed by atoms with E-state index in [1.165, 1.54) is 0 Å². The zero-order valence-electron chi connectivity index (χ0n) is 17.8. The summed E-state index contributed by atoms with van der Waals surface area (Å²) in [7, 11) is 1.65. The van der Waals surface area contributed by atoms with Crippen LogP contribution in [-0.2, 0) is 0 Å². The van der Waals surface area contributed by atoms with Crippen molar-refractivity contribution in [3.8, 4) is 17.2 Å². The molecule has 0 fully saturated rings. The average Bonchev–Trinajstić information content (AvgIpc) is 2.80. The van der Waals surface area contributed by atoms with Gasteiger partial charge in [0.15, 0.2) is 11.5 Å². The minimum Gasteiger partial charge on any atom is -0.504 e. The third kappa shape index (κ3) is 4.77. The summed E-state index contributed by atoms with van der Waals surface area (Å²) in [5, 5.41) is 15.2. The fourth-order valence-electron chi connectivity index (χ4n) is 3.89. The van der Waals surface area contributed by atoms with Crippen molar-refractivity contribution in [3.05, 3.63) is 86.8 Å². The molecule has 2 N–H and O–H groups in total. The van der Waals surface area contributed by atoms with Gasteiger partial charge in [0, 0.05) is 38.8 Å². The van der Waals surface area contributed by atoms with E-state index < -0.39 is 0 Å². The van der Waals surface area contributed by atoms with Crippen molar-refractivity contribution in [1.29, 1.82) is 0 Å². The second kappa shape index (κ2) is 9.94. The Balaban J connectivity index is 1.80. The largest absolute Gasteiger partial charge is 0.504 e. The Labute approximate surface area is 201 Å². The van der Waals surface area contributed by atoms with E-state index in [4.69, 9.17) is 26.1 Å². The molecule has 166 valence electrons. The Morgan fingerprint density at radius 1 is 1.09 bits per heavy atom. The highest BCUT2D eigenvalue weighted by atomic mass is 79.9. The van der Waals surface area contributed by atoms with Crippen LogP contribution in [0, 0.1) is 0 Å². The maximum Gasteiger partial charge on any atom is 0.162 e. The fourth-order valence-corrected chi connectivity index (χ4v) is 4.40. The summed E-state index contributed by atoms with van der Waals surface area (Å²) in [5.41, 5.74) is 3.56. The van der Waals surface area contributed by atoms with E-state index in [0.29, 0.717) is 23.8 Å². The molecule has 0 saturated carbocycles. The number of phenolic OH excluding ortho intramolecular Hbond substituents is 1. The third-order valence-corrected chi connectivity index (χ3v) is 6.16. The summed E-state index contributed by atoms with van der Waals surface area (Å²) in [6.45, 7) is 2.37. The van der Waals surface area contributed by atoms with Crippen LogP contribution >= 0.6 is 27.5 Å². The molecule has 0 saturated heterocycles. The van der Waals surface area contributed by atoms with Crippen LogP contribution < -0.4 is 14.8 Å². The topological polar surface area (TPSA) is 63.1 Å². The highest BCUT2D eigenvalue weighted by Gasteiger charge is 2.30. The molecule has 1 aliphatic rings. The van der Waals surface area contributed by atoms with Crippen LogP contribution in [-0.4, -0.2) is 24.5 Å². The zero-order chi connectivity index (χ0) is 22.7. The molecule has 5 nitrogen and oxygen atoms in total. The normalized spacial score (nSPS) is 18.2. The number of nitrogens with one attached hydrogen (secondary N) is 1. The smallest absolute Gasteiger partial charge is 0.162 e. The number of para-hydroxylation sites is 1. The molecule has 0 unspecified atom stereocenters. The van der Waals surface area contributed by atoms with E-state index in [1.54, 1.807) is 13.2 Å². The molecule has 1 aliphatic heterocycles. The van der Waals surface area contributed by atoms with Crippen molar-refractivity contribution in [1.82, 2.24) is 5.32 Å². The lowest BCUT2D eigenvalue weighted by Gasteiger charge is -2.31. The Bertz CT molecular complexity index is 1130. The van der Waals surface area contributed by atoms with Gasteiger partial charge in [-0.05, 0) is 48.9 Å². The second-order valence-corrected chi connectivity index (χ2v) is 8.77. The highest BCUT2D eigenvalue weighted by Crippen LogP contribution is 2.40. The van der Waals surface area contributed by atoms with Crippen LogP contribution in [0.2, 0.25) is 5.02 Å². The summed E-state index contributed by atoms with van der Waals surface area (Å²) >= 11 is 9.66. The van der Waals surface area contributed by atoms with Gasteiger partial charge in [-0.3, -0.25) is 10.3 Å². The number of aromatic hydroxyl groups is 1. The lowest BCUT2D eigenvalue weighted by Crippen LogP contribution is -2.33. The van der Waals surface area contributed by atoms with E-state index in [2.05, 4.69) is 21.2 Å². The Morgan fingerprint density at radius 2 is 1.88 bits per heavy atom. The quantitative estimate of drug-likeness (QED) is 0.397. The molecule has 0 spiro atoms. The molecule has 0 radical (unpaired) electrons. The summed E-state index contributed by atoms with van der Waals surface area (Å²) in [6, 6.07) is 18.9. The maximum atomic E-state index is 10.9. The Morgan fingerprint density at radius 3 is 2.59 bits per heavy atom. The second-order valence-electron chi connectivity index (χ2n) is 7.42. The van der Waals surface area contributed by atoms with Crippen LogP contribution in [0.1, 0.15) is 42.2 Å². The van der Waals surface area contributed by atoms with Gasteiger partial charge >= 0.3 is 0 Å². The molecule has 1 heterocycles. The first-order chi connectivity index (χ1) is 15.5. The van der Waals surface area contributed by atoms with Crippen LogP contribution in [0.5, 0.6) is 17.2 Å². The number of hydrogen-bond donors (Lipinski definition) is 2. The predicted octanol–water partition coefficient (Wildman–Crippen LogP) is 6.44. The minimum atomic E-state index is -0.373. The van der Waals surface area contributed by atoms with Gasteiger partial charge in [0.25, 0.3) is 0 Å². The third-order valence-electron chi connectivity index (χ3n) is 5.41. The van der Waals surface area contributed by atoms with E-state index in [-0.39, 0.29) is 18.0 Å². The first kappa shape index (κ1) is 22.6. The van der Waals surface area contributed by atoms with Crippen molar-refractivity contribution < 1.29 is 14.6 Å². The molecule has 4 rings (SSSR count). The predicted molar refractivity (Wildman–Crippen MR) is 131 cm³/mol. The SMILES string of the molecule is CCOc1cccc([C@H]2CC(c3ccc(Cl)cc3)=N[C@@H](c3cc(Br)ccc3OC)N2)c1O. The molecule has 32 heavy (non-hydrogen) atoms. The first-order valence-corrected chi connectivity index (χ1v) is 11.5. The van der Waals surface area contributed by atoms with Crippen LogP contribution in [0.25, 0.3) is 0 Å². The van der Waals surface area contributed by atoms with Crippen molar-refractivity contribution in [3.63, 3.8) is 0 Å². The zero-order valence-corrected chi connectivity index (χ0v) is 20.2. The lowest BCUT2D eigenvalue weighted by atomic mass is 9.93. The van der Waals surface area contributed by atoms with Gasteiger partial charge in [-0.1, -0.05) is 51.8 Å². The molecule has 0 aromatic heterocycles. The summed E-state index contributed by atoms with van der Waals surface area (Å²) in [5.74, 6) is 1.35. The molecule has 0 aliphatic carbocycles. The van der Waals surface area contributed by atoms with Crippen molar-refractivity contribution in [2.24, 2.45) is 4.99 Å². The standard InChI is InChI=1S/C25H24BrClN2O3/c1-3-32-23-6-4-5-18(24(23)30)21-14-20(15-7-10-17(27)11-8-15)28-25(29-21)19-13-16(26)9-12-22(19)31-2/h4-13,21,25,29-30H,3,14H2,1-2H3/t21-,25-/m1/s1. The first-order valence-electron chi connectivity index (χ1n) is 10.4. The number of benzene rings is 3. The minimum absolute atomic E-state index is 0.143. The molecular formula is C25H24BrClN2O3. The molecular weight excluding hydrogens is 492 g/mol. The van der Waals surface area contributed by atoms with Crippen LogP contribution in [0.15, 0.2) is 70.1 Å². The average molecular weight is 516 g/mol. The fraction of sp³-hybridized carbons (Fsp3) is 0.240. The van der Waals surface area contributed by atoms with Crippen molar-refractivity contribution in [2.75, 3.05) is 13.7 Å². The van der Waals surface area contributed by atoms with Crippen LogP contribution in [0.3, 0.4) is 0 Å². The molecule has 0 amide bonds. The Hall–Kier alpha value is -2.54. The monoisotopic (exact) mass is 514 g/mol. The molecule has 2 atom stereocenters. The maximum absolute atomic E-state index is 10.9. The number of phenols is 1. The van der Waals surface area contributed by atoms with Crippen LogP contribution in [0.4, 0.5) is 0 Å². The Kier molecular flexibility index (Phi) is 7.04. The number of nitrogens with zero attached hydrogens (tertiary/aromatic N) is 1. The number of ether oxygens (including phenoxy) is 2. The van der Waals surface area contributed by atoms with Gasteiger partial charge in [0.2, 0.25) is 0 Å².